The minimum atomic E-state index is -0.427. The Kier molecular flexibility index (Phi) is 4.23. The summed E-state index contributed by atoms with van der Waals surface area (Å²) >= 11 is 0. The van der Waals surface area contributed by atoms with E-state index in [-0.39, 0.29) is 11.6 Å². The number of hydrogen-bond donors (Lipinski definition) is 0. The highest BCUT2D eigenvalue weighted by Gasteiger charge is 2.38. The molecule has 1 heterocycles. The van der Waals surface area contributed by atoms with Gasteiger partial charge in [-0.1, -0.05) is 6.08 Å². The van der Waals surface area contributed by atoms with Gasteiger partial charge in [-0.15, -0.1) is 6.58 Å². The number of likely N-dealkylation sites (tertiary alicyclic amines) is 1. The first-order valence-electron chi connectivity index (χ1n) is 6.40. The highest BCUT2D eigenvalue weighted by molar-refractivity contribution is 5.69. The van der Waals surface area contributed by atoms with Crippen molar-refractivity contribution < 1.29 is 9.53 Å². The largest absolute Gasteiger partial charge is 0.444 e. The van der Waals surface area contributed by atoms with Crippen molar-refractivity contribution in [1.82, 2.24) is 4.90 Å². The van der Waals surface area contributed by atoms with E-state index < -0.39 is 5.60 Å². The van der Waals surface area contributed by atoms with Gasteiger partial charge in [-0.3, -0.25) is 0 Å². The molecule has 1 saturated heterocycles. The Hall–Kier alpha value is -0.990. The zero-order valence-corrected chi connectivity index (χ0v) is 11.6. The maximum atomic E-state index is 12.2. The van der Waals surface area contributed by atoms with Crippen molar-refractivity contribution in [2.45, 2.75) is 64.5 Å². The average molecular weight is 239 g/mol. The lowest BCUT2D eigenvalue weighted by atomic mass is 9.86. The zero-order chi connectivity index (χ0) is 13.1. The van der Waals surface area contributed by atoms with Crippen LogP contribution in [-0.2, 0) is 4.74 Å². The van der Waals surface area contributed by atoms with Gasteiger partial charge in [0.15, 0.2) is 0 Å². The third-order valence-corrected chi connectivity index (χ3v) is 3.20. The number of piperidine rings is 1. The van der Waals surface area contributed by atoms with Crippen molar-refractivity contribution in [3.63, 3.8) is 0 Å². The van der Waals surface area contributed by atoms with Gasteiger partial charge in [0.05, 0.1) is 0 Å². The molecule has 1 aliphatic rings. The highest BCUT2D eigenvalue weighted by atomic mass is 16.6. The fourth-order valence-electron chi connectivity index (χ4n) is 2.33. The second-order valence-corrected chi connectivity index (χ2v) is 6.08. The van der Waals surface area contributed by atoms with Crippen molar-refractivity contribution in [2.75, 3.05) is 6.54 Å². The second kappa shape index (κ2) is 5.11. The minimum Gasteiger partial charge on any atom is -0.444 e. The summed E-state index contributed by atoms with van der Waals surface area (Å²) in [4.78, 5) is 14.1. The molecule has 0 N–H and O–H groups in total. The molecule has 98 valence electrons. The van der Waals surface area contributed by atoms with E-state index in [4.69, 9.17) is 4.74 Å². The Morgan fingerprint density at radius 3 is 2.65 bits per heavy atom. The Bertz CT molecular complexity index is 293. The highest BCUT2D eigenvalue weighted by Crippen LogP contribution is 2.32. The quantitative estimate of drug-likeness (QED) is 0.687. The van der Waals surface area contributed by atoms with Gasteiger partial charge in [0.2, 0.25) is 0 Å². The first-order valence-corrected chi connectivity index (χ1v) is 6.40. The third-order valence-electron chi connectivity index (χ3n) is 3.20. The Balaban J connectivity index is 2.77. The summed E-state index contributed by atoms with van der Waals surface area (Å²) in [6.07, 6.45) is 5.78. The molecule has 3 heteroatoms. The van der Waals surface area contributed by atoms with Crippen molar-refractivity contribution in [2.24, 2.45) is 0 Å². The van der Waals surface area contributed by atoms with Crippen molar-refractivity contribution in [3.8, 4) is 0 Å². The monoisotopic (exact) mass is 239 g/mol. The molecule has 0 aliphatic carbocycles. The molecule has 0 bridgehead atoms. The lowest BCUT2D eigenvalue weighted by Gasteiger charge is -2.44. The Morgan fingerprint density at radius 2 is 2.12 bits per heavy atom. The van der Waals surface area contributed by atoms with E-state index in [9.17, 15) is 4.79 Å². The Labute approximate surface area is 105 Å². The van der Waals surface area contributed by atoms with Gasteiger partial charge in [-0.25, -0.2) is 4.79 Å². The Morgan fingerprint density at radius 1 is 1.47 bits per heavy atom. The molecule has 3 nitrogen and oxygen atoms in total. The summed E-state index contributed by atoms with van der Waals surface area (Å²) in [5.41, 5.74) is -0.550. The first kappa shape index (κ1) is 14.1. The molecule has 1 aliphatic heterocycles. The van der Waals surface area contributed by atoms with Crippen LogP contribution in [0.15, 0.2) is 12.7 Å². The number of carbonyl (C=O) groups excluding carboxylic acids is 1. The number of rotatable bonds is 2. The van der Waals surface area contributed by atoms with Crippen LogP contribution in [0.5, 0.6) is 0 Å². The molecule has 0 aromatic rings. The standard InChI is InChI=1S/C14H25NO2/c1-6-9-14(5)10-7-8-11-15(14)12(16)17-13(2,3)4/h6H,1,7-11H2,2-5H3. The predicted octanol–water partition coefficient (Wildman–Crippen LogP) is 3.74. The van der Waals surface area contributed by atoms with Crippen LogP contribution in [0, 0.1) is 0 Å². The van der Waals surface area contributed by atoms with Crippen LogP contribution >= 0.6 is 0 Å². The normalized spacial score (nSPS) is 25.5. The summed E-state index contributed by atoms with van der Waals surface area (Å²) in [5.74, 6) is 0. The molecule has 1 rings (SSSR count). The van der Waals surface area contributed by atoms with Crippen LogP contribution in [0.1, 0.15) is 53.4 Å². The van der Waals surface area contributed by atoms with Crippen LogP contribution in [0.2, 0.25) is 0 Å². The summed E-state index contributed by atoms with van der Waals surface area (Å²) in [5, 5.41) is 0. The van der Waals surface area contributed by atoms with E-state index in [2.05, 4.69) is 13.5 Å². The van der Waals surface area contributed by atoms with Crippen molar-refractivity contribution >= 4 is 6.09 Å². The second-order valence-electron chi connectivity index (χ2n) is 6.08. The molecule has 0 aromatic heterocycles. The maximum absolute atomic E-state index is 12.2. The van der Waals surface area contributed by atoms with Gasteiger partial charge < -0.3 is 9.64 Å². The van der Waals surface area contributed by atoms with E-state index in [1.165, 1.54) is 6.42 Å². The zero-order valence-electron chi connectivity index (χ0n) is 11.6. The van der Waals surface area contributed by atoms with Gasteiger partial charge in [-0.05, 0) is 53.4 Å². The molecule has 0 radical (unpaired) electrons. The summed E-state index contributed by atoms with van der Waals surface area (Å²) in [7, 11) is 0. The van der Waals surface area contributed by atoms with E-state index in [1.807, 2.05) is 31.7 Å². The molecule has 0 saturated carbocycles. The molecule has 0 aromatic carbocycles. The molecule has 17 heavy (non-hydrogen) atoms. The molecule has 0 spiro atoms. The van der Waals surface area contributed by atoms with E-state index >= 15 is 0 Å². The predicted molar refractivity (Wildman–Crippen MR) is 70.0 cm³/mol. The van der Waals surface area contributed by atoms with Crippen LogP contribution in [0.3, 0.4) is 0 Å². The summed E-state index contributed by atoms with van der Waals surface area (Å²) in [6, 6.07) is 0. The van der Waals surface area contributed by atoms with Crippen LogP contribution < -0.4 is 0 Å². The molecule has 1 amide bonds. The molecular formula is C14H25NO2. The third kappa shape index (κ3) is 3.76. The van der Waals surface area contributed by atoms with Gasteiger partial charge in [-0.2, -0.15) is 0 Å². The van der Waals surface area contributed by atoms with Crippen molar-refractivity contribution in [3.05, 3.63) is 12.7 Å². The van der Waals surface area contributed by atoms with E-state index in [0.29, 0.717) is 0 Å². The lowest BCUT2D eigenvalue weighted by molar-refractivity contribution is -0.0103. The van der Waals surface area contributed by atoms with E-state index in [0.717, 1.165) is 25.8 Å². The number of nitrogens with zero attached hydrogens (tertiary/aromatic N) is 1. The fourth-order valence-corrected chi connectivity index (χ4v) is 2.33. The van der Waals surface area contributed by atoms with E-state index in [1.54, 1.807) is 0 Å². The van der Waals surface area contributed by atoms with Crippen molar-refractivity contribution in [1.29, 1.82) is 0 Å². The van der Waals surface area contributed by atoms with Gasteiger partial charge >= 0.3 is 6.09 Å². The topological polar surface area (TPSA) is 29.5 Å². The number of hydrogen-bond acceptors (Lipinski definition) is 2. The minimum absolute atomic E-state index is 0.123. The maximum Gasteiger partial charge on any atom is 0.410 e. The lowest BCUT2D eigenvalue weighted by Crippen LogP contribution is -2.53. The molecule has 1 fully saturated rings. The van der Waals surface area contributed by atoms with Crippen LogP contribution in [0.25, 0.3) is 0 Å². The number of ether oxygens (including phenoxy) is 1. The van der Waals surface area contributed by atoms with Gasteiger partial charge in [0.1, 0.15) is 5.60 Å². The fraction of sp³-hybridized carbons (Fsp3) is 0.786. The molecule has 1 atom stereocenters. The van der Waals surface area contributed by atoms with Crippen LogP contribution in [-0.4, -0.2) is 28.7 Å². The first-order chi connectivity index (χ1) is 7.78. The SMILES string of the molecule is C=CCC1(C)CCCCN1C(=O)OC(C)(C)C. The van der Waals surface area contributed by atoms with Gasteiger partial charge in [0.25, 0.3) is 0 Å². The molecule has 1 unspecified atom stereocenters. The number of amides is 1. The average Bonchev–Trinajstić information content (AvgIpc) is 2.15. The smallest absolute Gasteiger partial charge is 0.410 e. The van der Waals surface area contributed by atoms with Gasteiger partial charge in [0, 0.05) is 12.1 Å². The number of carbonyl (C=O) groups is 1. The summed E-state index contributed by atoms with van der Waals surface area (Å²) in [6.45, 7) is 12.4. The van der Waals surface area contributed by atoms with Crippen LogP contribution in [0.4, 0.5) is 4.79 Å². The molecular weight excluding hydrogens is 214 g/mol. The summed E-state index contributed by atoms with van der Waals surface area (Å²) < 4.78 is 5.47.